The van der Waals surface area contributed by atoms with Crippen LogP contribution in [0.1, 0.15) is 15.9 Å². The molecule has 25 heavy (non-hydrogen) atoms. The highest BCUT2D eigenvalue weighted by Crippen LogP contribution is 2.21. The molecule has 0 aromatic heterocycles. The molecule has 0 saturated carbocycles. The van der Waals surface area contributed by atoms with Gasteiger partial charge in [0.05, 0.1) is 13.3 Å². The number of benzene rings is 2. The maximum absolute atomic E-state index is 12.1. The first-order valence-corrected chi connectivity index (χ1v) is 7.55. The van der Waals surface area contributed by atoms with Crippen molar-refractivity contribution in [2.75, 3.05) is 13.7 Å². The molecule has 0 bridgehead atoms. The van der Waals surface area contributed by atoms with Gasteiger partial charge < -0.3 is 15.2 Å². The van der Waals surface area contributed by atoms with Gasteiger partial charge in [0.15, 0.2) is 6.61 Å². The van der Waals surface area contributed by atoms with Crippen LogP contribution in [-0.2, 0) is 4.79 Å². The molecule has 8 heteroatoms. The van der Waals surface area contributed by atoms with Crippen molar-refractivity contribution in [1.82, 2.24) is 5.43 Å². The van der Waals surface area contributed by atoms with E-state index in [1.54, 1.807) is 42.5 Å². The average Bonchev–Trinajstić information content (AvgIpc) is 2.60. The Hall–Kier alpha value is -3.06. The van der Waals surface area contributed by atoms with Crippen LogP contribution in [0.5, 0.6) is 11.5 Å². The molecule has 2 aromatic rings. The number of nitrogens with one attached hydrogen (secondary N) is 1. The normalized spacial score (nSPS) is 10.5. The van der Waals surface area contributed by atoms with E-state index < -0.39 is 11.8 Å². The highest BCUT2D eigenvalue weighted by Gasteiger charge is 2.07. The van der Waals surface area contributed by atoms with Gasteiger partial charge in [0.25, 0.3) is 11.8 Å². The molecule has 2 rings (SSSR count). The van der Waals surface area contributed by atoms with Crippen molar-refractivity contribution in [3.8, 4) is 11.5 Å². The van der Waals surface area contributed by atoms with E-state index in [0.29, 0.717) is 27.6 Å². The number of hydrogen-bond acceptors (Lipinski definition) is 5. The molecule has 0 fully saturated rings. The summed E-state index contributed by atoms with van der Waals surface area (Å²) in [6.07, 6.45) is 1.36. The lowest BCUT2D eigenvalue weighted by atomic mass is 10.2. The monoisotopic (exact) mass is 361 g/mol. The minimum Gasteiger partial charge on any atom is -0.497 e. The Morgan fingerprint density at radius 3 is 2.80 bits per heavy atom. The van der Waals surface area contributed by atoms with Crippen LogP contribution < -0.4 is 20.6 Å². The van der Waals surface area contributed by atoms with Crippen molar-refractivity contribution >= 4 is 29.6 Å². The Labute approximate surface area is 149 Å². The second kappa shape index (κ2) is 8.70. The Morgan fingerprint density at radius 2 is 2.08 bits per heavy atom. The number of carbonyl (C=O) groups is 2. The van der Waals surface area contributed by atoms with Crippen LogP contribution in [-0.4, -0.2) is 31.7 Å². The first kappa shape index (κ1) is 18.3. The molecule has 7 nitrogen and oxygen atoms in total. The van der Waals surface area contributed by atoms with Gasteiger partial charge in [-0.1, -0.05) is 17.7 Å². The summed E-state index contributed by atoms with van der Waals surface area (Å²) < 4.78 is 10.3. The standard InChI is InChI=1S/C17H16ClN3O4/c1-24-14-4-2-3-11(8-14)17(23)21-20-9-12-7-13(18)5-6-15(12)25-10-16(19)22/h2-9H,10H2,1H3,(H2,19,22)(H,21,23)/b20-9+. The molecule has 2 aromatic carbocycles. The summed E-state index contributed by atoms with van der Waals surface area (Å²) in [6.45, 7) is -0.279. The number of nitrogens with zero attached hydrogens (tertiary/aromatic N) is 1. The van der Waals surface area contributed by atoms with E-state index in [0.717, 1.165) is 0 Å². The van der Waals surface area contributed by atoms with Crippen LogP contribution in [0.25, 0.3) is 0 Å². The number of rotatable bonds is 7. The van der Waals surface area contributed by atoms with E-state index in [1.165, 1.54) is 13.3 Å². The van der Waals surface area contributed by atoms with Gasteiger partial charge in [-0.05, 0) is 36.4 Å². The zero-order valence-electron chi connectivity index (χ0n) is 13.4. The molecule has 130 valence electrons. The first-order valence-electron chi connectivity index (χ1n) is 7.17. The largest absolute Gasteiger partial charge is 0.497 e. The van der Waals surface area contributed by atoms with Crippen molar-refractivity contribution in [2.45, 2.75) is 0 Å². The first-order chi connectivity index (χ1) is 12.0. The number of ether oxygens (including phenoxy) is 2. The van der Waals surface area contributed by atoms with Crippen molar-refractivity contribution in [3.63, 3.8) is 0 Å². The maximum atomic E-state index is 12.1. The summed E-state index contributed by atoms with van der Waals surface area (Å²) in [5.74, 6) is -0.0860. The SMILES string of the molecule is COc1cccc(C(=O)N/N=C/c2cc(Cl)ccc2OCC(N)=O)c1. The summed E-state index contributed by atoms with van der Waals surface area (Å²) in [5.41, 5.74) is 8.33. The molecular weight excluding hydrogens is 346 g/mol. The predicted octanol–water partition coefficient (Wildman–Crippen LogP) is 1.98. The van der Waals surface area contributed by atoms with Gasteiger partial charge in [-0.15, -0.1) is 0 Å². The third-order valence-electron chi connectivity index (χ3n) is 3.04. The topological polar surface area (TPSA) is 103 Å². The molecule has 0 spiro atoms. The molecule has 0 aliphatic heterocycles. The van der Waals surface area contributed by atoms with E-state index >= 15 is 0 Å². The van der Waals surface area contributed by atoms with E-state index in [9.17, 15) is 9.59 Å². The molecular formula is C17H16ClN3O4. The second-order valence-electron chi connectivity index (χ2n) is 4.87. The average molecular weight is 362 g/mol. The number of amides is 2. The Morgan fingerprint density at radius 1 is 1.28 bits per heavy atom. The number of carbonyl (C=O) groups excluding carboxylic acids is 2. The van der Waals surface area contributed by atoms with Crippen molar-refractivity contribution in [2.24, 2.45) is 10.8 Å². The van der Waals surface area contributed by atoms with Gasteiger partial charge >= 0.3 is 0 Å². The molecule has 0 radical (unpaired) electrons. The number of nitrogens with two attached hydrogens (primary N) is 1. The Balaban J connectivity index is 2.09. The highest BCUT2D eigenvalue weighted by atomic mass is 35.5. The van der Waals surface area contributed by atoms with Crippen LogP contribution in [0.3, 0.4) is 0 Å². The van der Waals surface area contributed by atoms with Gasteiger partial charge in [-0.25, -0.2) is 5.43 Å². The minimum absolute atomic E-state index is 0.279. The highest BCUT2D eigenvalue weighted by molar-refractivity contribution is 6.30. The number of methoxy groups -OCH3 is 1. The number of hydrogen-bond donors (Lipinski definition) is 2. The number of hydrazone groups is 1. The fourth-order valence-electron chi connectivity index (χ4n) is 1.89. The third kappa shape index (κ3) is 5.50. The molecule has 0 atom stereocenters. The van der Waals surface area contributed by atoms with Crippen molar-refractivity contribution in [3.05, 3.63) is 58.6 Å². The van der Waals surface area contributed by atoms with E-state index in [4.69, 9.17) is 26.8 Å². The third-order valence-corrected chi connectivity index (χ3v) is 3.28. The van der Waals surface area contributed by atoms with Gasteiger partial charge in [0.1, 0.15) is 11.5 Å². The second-order valence-corrected chi connectivity index (χ2v) is 5.30. The molecule has 2 amide bonds. The quantitative estimate of drug-likeness (QED) is 0.581. The smallest absolute Gasteiger partial charge is 0.271 e. The lowest BCUT2D eigenvalue weighted by Gasteiger charge is -2.07. The van der Waals surface area contributed by atoms with Crippen molar-refractivity contribution < 1.29 is 19.1 Å². The van der Waals surface area contributed by atoms with Gasteiger partial charge in [0.2, 0.25) is 0 Å². The summed E-state index contributed by atoms with van der Waals surface area (Å²) >= 11 is 5.94. The van der Waals surface area contributed by atoms with Crippen LogP contribution in [0.4, 0.5) is 0 Å². The van der Waals surface area contributed by atoms with E-state index in [1.807, 2.05) is 0 Å². The summed E-state index contributed by atoms with van der Waals surface area (Å²) in [4.78, 5) is 22.9. The van der Waals surface area contributed by atoms with E-state index in [-0.39, 0.29) is 6.61 Å². The van der Waals surface area contributed by atoms with Crippen LogP contribution in [0.2, 0.25) is 5.02 Å². The molecule has 0 aliphatic carbocycles. The predicted molar refractivity (Wildman–Crippen MR) is 94.2 cm³/mol. The summed E-state index contributed by atoms with van der Waals surface area (Å²) in [5, 5.41) is 4.33. The van der Waals surface area contributed by atoms with Gasteiger partial charge in [0, 0.05) is 16.1 Å². The van der Waals surface area contributed by atoms with Crippen LogP contribution >= 0.6 is 11.6 Å². The van der Waals surface area contributed by atoms with Crippen LogP contribution in [0, 0.1) is 0 Å². The molecule has 0 heterocycles. The molecule has 0 saturated heterocycles. The summed E-state index contributed by atoms with van der Waals surface area (Å²) in [6, 6.07) is 11.4. The molecule has 0 aliphatic rings. The molecule has 0 unspecified atom stereocenters. The lowest BCUT2D eigenvalue weighted by molar-refractivity contribution is -0.119. The van der Waals surface area contributed by atoms with Crippen LogP contribution in [0.15, 0.2) is 47.6 Å². The zero-order chi connectivity index (χ0) is 18.2. The fourth-order valence-corrected chi connectivity index (χ4v) is 2.07. The zero-order valence-corrected chi connectivity index (χ0v) is 14.1. The maximum Gasteiger partial charge on any atom is 0.271 e. The van der Waals surface area contributed by atoms with E-state index in [2.05, 4.69) is 10.5 Å². The number of primary amides is 1. The Bertz CT molecular complexity index is 808. The fraction of sp³-hybridized carbons (Fsp3) is 0.118. The minimum atomic E-state index is -0.607. The number of halogens is 1. The van der Waals surface area contributed by atoms with Gasteiger partial charge in [-0.2, -0.15) is 5.10 Å². The Kier molecular flexibility index (Phi) is 6.36. The van der Waals surface area contributed by atoms with Gasteiger partial charge in [-0.3, -0.25) is 9.59 Å². The van der Waals surface area contributed by atoms with Crippen molar-refractivity contribution in [1.29, 1.82) is 0 Å². The molecule has 3 N–H and O–H groups in total. The summed E-state index contributed by atoms with van der Waals surface area (Å²) in [7, 11) is 1.52. The lowest BCUT2D eigenvalue weighted by Crippen LogP contribution is -2.20.